The number of ether oxygens (including phenoxy) is 1. The summed E-state index contributed by atoms with van der Waals surface area (Å²) in [5.74, 6) is -2.13. The van der Waals surface area contributed by atoms with Crippen LogP contribution in [0.3, 0.4) is 0 Å². The number of aromatic nitrogens is 2. The lowest BCUT2D eigenvalue weighted by molar-refractivity contribution is -0.112. The molecule has 0 atom stereocenters. The fourth-order valence-electron chi connectivity index (χ4n) is 2.27. The van der Waals surface area contributed by atoms with Gasteiger partial charge < -0.3 is 10.1 Å². The second-order valence-corrected chi connectivity index (χ2v) is 4.99. The zero-order valence-corrected chi connectivity index (χ0v) is 13.3. The molecule has 0 aliphatic rings. The number of benzene rings is 1. The molecule has 7 heteroatoms. The van der Waals surface area contributed by atoms with Crippen LogP contribution in [-0.4, -0.2) is 34.6 Å². The molecule has 1 N–H and O–H groups in total. The van der Waals surface area contributed by atoms with Crippen LogP contribution in [0, 0.1) is 13.8 Å². The van der Waals surface area contributed by atoms with E-state index in [1.54, 1.807) is 33.0 Å². The molecule has 0 aliphatic heterocycles. The summed E-state index contributed by atoms with van der Waals surface area (Å²) in [4.78, 5) is 36.3. The van der Waals surface area contributed by atoms with Crippen LogP contribution in [-0.2, 0) is 16.6 Å². The van der Waals surface area contributed by atoms with Crippen molar-refractivity contribution in [3.05, 3.63) is 46.8 Å². The zero-order valence-electron chi connectivity index (χ0n) is 13.3. The molecule has 0 unspecified atom stereocenters. The average molecular weight is 315 g/mol. The van der Waals surface area contributed by atoms with Crippen LogP contribution in [0.25, 0.3) is 0 Å². The first-order chi connectivity index (χ1) is 10.9. The number of amides is 1. The molecule has 120 valence electrons. The van der Waals surface area contributed by atoms with Crippen LogP contribution in [0.2, 0.25) is 0 Å². The summed E-state index contributed by atoms with van der Waals surface area (Å²) < 4.78 is 6.20. The minimum atomic E-state index is -0.833. The lowest BCUT2D eigenvalue weighted by Gasteiger charge is -2.09. The van der Waals surface area contributed by atoms with E-state index >= 15 is 0 Å². The van der Waals surface area contributed by atoms with E-state index in [0.717, 1.165) is 0 Å². The second kappa shape index (κ2) is 6.43. The van der Waals surface area contributed by atoms with Crippen molar-refractivity contribution in [2.75, 3.05) is 12.4 Å². The average Bonchev–Trinajstić information content (AvgIpc) is 2.79. The van der Waals surface area contributed by atoms with Crippen LogP contribution in [0.15, 0.2) is 24.3 Å². The van der Waals surface area contributed by atoms with Gasteiger partial charge in [-0.2, -0.15) is 5.10 Å². The number of para-hydroxylation sites is 1. The number of carbonyl (C=O) groups excluding carboxylic acids is 3. The summed E-state index contributed by atoms with van der Waals surface area (Å²) in [5.41, 5.74) is 1.74. The Morgan fingerprint density at radius 2 is 1.83 bits per heavy atom. The third-order valence-corrected chi connectivity index (χ3v) is 3.52. The Hall–Kier alpha value is -2.96. The summed E-state index contributed by atoms with van der Waals surface area (Å²) in [6.07, 6.45) is 0. The van der Waals surface area contributed by atoms with E-state index in [0.29, 0.717) is 11.4 Å². The quantitative estimate of drug-likeness (QED) is 0.526. The van der Waals surface area contributed by atoms with E-state index in [1.165, 1.54) is 23.9 Å². The van der Waals surface area contributed by atoms with Crippen molar-refractivity contribution in [1.82, 2.24) is 9.78 Å². The second-order valence-electron chi connectivity index (χ2n) is 4.99. The summed E-state index contributed by atoms with van der Waals surface area (Å²) in [7, 11) is 2.94. The molecule has 7 nitrogen and oxygen atoms in total. The summed E-state index contributed by atoms with van der Waals surface area (Å²) >= 11 is 0. The van der Waals surface area contributed by atoms with Gasteiger partial charge in [-0.3, -0.25) is 14.3 Å². The smallest absolute Gasteiger partial charge is 0.339 e. The molecule has 0 bridgehead atoms. The van der Waals surface area contributed by atoms with E-state index < -0.39 is 17.7 Å². The maximum atomic E-state index is 12.4. The molecule has 0 fully saturated rings. The van der Waals surface area contributed by atoms with Gasteiger partial charge in [0, 0.05) is 12.7 Å². The van der Waals surface area contributed by atoms with Crippen molar-refractivity contribution in [2.45, 2.75) is 13.8 Å². The number of aryl methyl sites for hydroxylation is 2. The highest BCUT2D eigenvalue weighted by Crippen LogP contribution is 2.18. The third kappa shape index (κ3) is 3.13. The molecular weight excluding hydrogens is 298 g/mol. The normalized spacial score (nSPS) is 10.3. The molecule has 1 aromatic carbocycles. The predicted molar refractivity (Wildman–Crippen MR) is 83.4 cm³/mol. The number of nitrogens with zero attached hydrogens (tertiary/aromatic N) is 2. The fraction of sp³-hybridized carbons (Fsp3) is 0.250. The van der Waals surface area contributed by atoms with E-state index in [4.69, 9.17) is 0 Å². The number of rotatable bonds is 4. The van der Waals surface area contributed by atoms with Crippen molar-refractivity contribution in [3.63, 3.8) is 0 Å². The SMILES string of the molecule is COC(=O)c1ccccc1NC(=O)C(=O)c1c(C)nn(C)c1C. The molecule has 1 aromatic heterocycles. The largest absolute Gasteiger partial charge is 0.465 e. The standard InChI is InChI=1S/C16H17N3O4/c1-9-13(10(2)19(3)18-9)14(20)15(21)17-12-8-6-5-7-11(12)16(22)23-4/h5-8H,1-4H3,(H,17,21). The molecule has 0 spiro atoms. The molecule has 2 aromatic rings. The molecule has 1 heterocycles. The number of methoxy groups -OCH3 is 1. The Kier molecular flexibility index (Phi) is 4.59. The van der Waals surface area contributed by atoms with Gasteiger partial charge in [-0.05, 0) is 26.0 Å². The van der Waals surface area contributed by atoms with E-state index in [2.05, 4.69) is 15.2 Å². The highest BCUT2D eigenvalue weighted by molar-refractivity contribution is 6.47. The predicted octanol–water partition coefficient (Wildman–Crippen LogP) is 1.64. The number of carbonyl (C=O) groups is 3. The van der Waals surface area contributed by atoms with Crippen molar-refractivity contribution < 1.29 is 19.1 Å². The minimum Gasteiger partial charge on any atom is -0.465 e. The van der Waals surface area contributed by atoms with Crippen LogP contribution < -0.4 is 5.32 Å². The number of ketones is 1. The minimum absolute atomic E-state index is 0.177. The Morgan fingerprint density at radius 1 is 1.17 bits per heavy atom. The van der Waals surface area contributed by atoms with Gasteiger partial charge in [-0.25, -0.2) is 4.79 Å². The molecule has 0 saturated heterocycles. The molecule has 0 saturated carbocycles. The monoisotopic (exact) mass is 315 g/mol. The van der Waals surface area contributed by atoms with E-state index in [-0.39, 0.29) is 16.8 Å². The van der Waals surface area contributed by atoms with Crippen molar-refractivity contribution in [1.29, 1.82) is 0 Å². The summed E-state index contributed by atoms with van der Waals surface area (Å²) in [5, 5.41) is 6.58. The number of esters is 1. The van der Waals surface area contributed by atoms with Gasteiger partial charge >= 0.3 is 5.97 Å². The first-order valence-corrected chi connectivity index (χ1v) is 6.90. The van der Waals surface area contributed by atoms with Gasteiger partial charge in [0.2, 0.25) is 0 Å². The fourth-order valence-corrected chi connectivity index (χ4v) is 2.27. The highest BCUT2D eigenvalue weighted by Gasteiger charge is 2.25. The maximum Gasteiger partial charge on any atom is 0.339 e. The van der Waals surface area contributed by atoms with Gasteiger partial charge in [0.1, 0.15) is 0 Å². The number of hydrogen-bond donors (Lipinski definition) is 1. The number of hydrogen-bond acceptors (Lipinski definition) is 5. The van der Waals surface area contributed by atoms with Crippen LogP contribution in [0.5, 0.6) is 0 Å². The Balaban J connectivity index is 2.30. The first kappa shape index (κ1) is 16.4. The van der Waals surface area contributed by atoms with Gasteiger partial charge in [0.25, 0.3) is 11.7 Å². The lowest BCUT2D eigenvalue weighted by atomic mass is 10.1. The Bertz CT molecular complexity index is 793. The van der Waals surface area contributed by atoms with Gasteiger partial charge in [0.15, 0.2) is 0 Å². The van der Waals surface area contributed by atoms with Crippen molar-refractivity contribution in [3.8, 4) is 0 Å². The molecule has 0 radical (unpaired) electrons. The van der Waals surface area contributed by atoms with Gasteiger partial charge in [0.05, 0.1) is 29.6 Å². The van der Waals surface area contributed by atoms with E-state index in [1.807, 2.05) is 0 Å². The number of anilines is 1. The van der Waals surface area contributed by atoms with Gasteiger partial charge in [-0.15, -0.1) is 0 Å². The maximum absolute atomic E-state index is 12.4. The number of nitrogens with one attached hydrogen (secondary N) is 1. The van der Waals surface area contributed by atoms with Gasteiger partial charge in [-0.1, -0.05) is 12.1 Å². The van der Waals surface area contributed by atoms with Crippen molar-refractivity contribution >= 4 is 23.3 Å². The topological polar surface area (TPSA) is 90.3 Å². The van der Waals surface area contributed by atoms with Crippen LogP contribution in [0.1, 0.15) is 32.1 Å². The molecule has 1 amide bonds. The van der Waals surface area contributed by atoms with Crippen molar-refractivity contribution in [2.24, 2.45) is 7.05 Å². The Labute approximate surface area is 133 Å². The van der Waals surface area contributed by atoms with E-state index in [9.17, 15) is 14.4 Å². The molecule has 2 rings (SSSR count). The van der Waals surface area contributed by atoms with Crippen LogP contribution in [0.4, 0.5) is 5.69 Å². The molecule has 0 aliphatic carbocycles. The zero-order chi connectivity index (χ0) is 17.1. The Morgan fingerprint density at radius 3 is 2.39 bits per heavy atom. The third-order valence-electron chi connectivity index (χ3n) is 3.52. The highest BCUT2D eigenvalue weighted by atomic mass is 16.5. The lowest BCUT2D eigenvalue weighted by Crippen LogP contribution is -2.25. The number of Topliss-reactive ketones (excluding diaryl/α,β-unsaturated/α-hetero) is 1. The summed E-state index contributed by atoms with van der Waals surface area (Å²) in [6.45, 7) is 3.37. The molecule has 23 heavy (non-hydrogen) atoms. The first-order valence-electron chi connectivity index (χ1n) is 6.90. The summed E-state index contributed by atoms with van der Waals surface area (Å²) in [6, 6.07) is 6.32. The molecular formula is C16H17N3O4. The van der Waals surface area contributed by atoms with Crippen LogP contribution >= 0.6 is 0 Å².